The van der Waals surface area contributed by atoms with Crippen LogP contribution in [0.2, 0.25) is 0 Å². The molecule has 26 heavy (non-hydrogen) atoms. The second-order valence-electron chi connectivity index (χ2n) is 6.83. The predicted octanol–water partition coefficient (Wildman–Crippen LogP) is 4.26. The van der Waals surface area contributed by atoms with Gasteiger partial charge in [-0.3, -0.25) is 4.79 Å². The minimum atomic E-state index is -0.385. The number of benzene rings is 2. The monoisotopic (exact) mass is 419 g/mol. The summed E-state index contributed by atoms with van der Waals surface area (Å²) in [5, 5.41) is 3.06. The molecule has 2 aromatic carbocycles. The lowest BCUT2D eigenvalue weighted by Crippen LogP contribution is -2.42. The molecule has 1 heterocycles. The molecule has 0 aromatic heterocycles. The molecule has 1 amide bonds. The standard InChI is InChI=1S/C20H22BrNO4/c1-20(2)11-17(16-9-8-15(24-3)10-18(16)26-20)22-19(23)12-25-14-6-4-13(21)5-7-14/h4-10,17H,11-12H2,1-3H3,(H,22,23)/t17-/m0/s1. The second kappa shape index (κ2) is 7.58. The minimum absolute atomic E-state index is 0.0368. The summed E-state index contributed by atoms with van der Waals surface area (Å²) in [5.74, 6) is 1.95. The van der Waals surface area contributed by atoms with E-state index in [9.17, 15) is 4.79 Å². The Morgan fingerprint density at radius 2 is 1.92 bits per heavy atom. The quantitative estimate of drug-likeness (QED) is 0.786. The van der Waals surface area contributed by atoms with Gasteiger partial charge in [-0.1, -0.05) is 15.9 Å². The predicted molar refractivity (Wildman–Crippen MR) is 103 cm³/mol. The number of hydrogen-bond acceptors (Lipinski definition) is 4. The van der Waals surface area contributed by atoms with E-state index in [-0.39, 0.29) is 24.2 Å². The summed E-state index contributed by atoms with van der Waals surface area (Å²) < 4.78 is 17.8. The summed E-state index contributed by atoms with van der Waals surface area (Å²) in [5.41, 5.74) is 0.561. The minimum Gasteiger partial charge on any atom is -0.497 e. The first-order valence-electron chi connectivity index (χ1n) is 8.41. The third-order valence-corrected chi connectivity index (χ3v) is 4.73. The summed E-state index contributed by atoms with van der Waals surface area (Å²) in [6.07, 6.45) is 0.677. The van der Waals surface area contributed by atoms with Crippen LogP contribution in [0.25, 0.3) is 0 Å². The molecule has 0 saturated carbocycles. The Morgan fingerprint density at radius 3 is 2.62 bits per heavy atom. The van der Waals surface area contributed by atoms with E-state index < -0.39 is 0 Å². The van der Waals surface area contributed by atoms with Crippen LogP contribution in [0.15, 0.2) is 46.9 Å². The molecule has 2 aromatic rings. The third-order valence-electron chi connectivity index (χ3n) is 4.20. The van der Waals surface area contributed by atoms with Crippen LogP contribution in [0, 0.1) is 0 Å². The highest BCUT2D eigenvalue weighted by molar-refractivity contribution is 9.10. The van der Waals surface area contributed by atoms with Crippen molar-refractivity contribution in [2.75, 3.05) is 13.7 Å². The molecule has 1 aliphatic heterocycles. The van der Waals surface area contributed by atoms with Gasteiger partial charge in [0.2, 0.25) is 0 Å². The second-order valence-corrected chi connectivity index (χ2v) is 7.75. The van der Waals surface area contributed by atoms with Crippen molar-refractivity contribution < 1.29 is 19.0 Å². The molecule has 138 valence electrons. The van der Waals surface area contributed by atoms with Gasteiger partial charge in [0.05, 0.1) is 13.2 Å². The van der Waals surface area contributed by atoms with Crippen molar-refractivity contribution in [3.8, 4) is 17.2 Å². The summed E-state index contributed by atoms with van der Waals surface area (Å²) in [7, 11) is 1.62. The number of carbonyl (C=O) groups excluding carboxylic acids is 1. The largest absolute Gasteiger partial charge is 0.497 e. The number of amides is 1. The van der Waals surface area contributed by atoms with Crippen molar-refractivity contribution in [3.63, 3.8) is 0 Å². The fourth-order valence-corrected chi connectivity index (χ4v) is 3.27. The number of ether oxygens (including phenoxy) is 3. The Balaban J connectivity index is 1.68. The van der Waals surface area contributed by atoms with Crippen molar-refractivity contribution in [1.29, 1.82) is 0 Å². The fraction of sp³-hybridized carbons (Fsp3) is 0.350. The van der Waals surface area contributed by atoms with Gasteiger partial charge < -0.3 is 19.5 Å². The van der Waals surface area contributed by atoms with E-state index in [1.54, 1.807) is 7.11 Å². The zero-order valence-electron chi connectivity index (χ0n) is 15.0. The number of carbonyl (C=O) groups is 1. The number of rotatable bonds is 5. The Bertz CT molecular complexity index is 789. The van der Waals surface area contributed by atoms with E-state index in [1.807, 2.05) is 56.3 Å². The van der Waals surface area contributed by atoms with E-state index >= 15 is 0 Å². The van der Waals surface area contributed by atoms with E-state index in [0.29, 0.717) is 12.2 Å². The fourth-order valence-electron chi connectivity index (χ4n) is 3.00. The van der Waals surface area contributed by atoms with Crippen molar-refractivity contribution in [3.05, 3.63) is 52.5 Å². The van der Waals surface area contributed by atoms with Crippen LogP contribution in [-0.4, -0.2) is 25.2 Å². The summed E-state index contributed by atoms with van der Waals surface area (Å²) in [6, 6.07) is 12.9. The van der Waals surface area contributed by atoms with E-state index in [0.717, 1.165) is 21.5 Å². The van der Waals surface area contributed by atoms with Crippen molar-refractivity contribution in [2.45, 2.75) is 31.9 Å². The van der Waals surface area contributed by atoms with Gasteiger partial charge >= 0.3 is 0 Å². The molecule has 0 bridgehead atoms. The molecule has 5 nitrogen and oxygen atoms in total. The molecule has 6 heteroatoms. The zero-order valence-corrected chi connectivity index (χ0v) is 16.6. The van der Waals surface area contributed by atoms with Crippen LogP contribution in [-0.2, 0) is 4.79 Å². The molecule has 0 radical (unpaired) electrons. The van der Waals surface area contributed by atoms with Crippen LogP contribution < -0.4 is 19.5 Å². The number of methoxy groups -OCH3 is 1. The van der Waals surface area contributed by atoms with Crippen LogP contribution in [0.1, 0.15) is 31.9 Å². The summed E-state index contributed by atoms with van der Waals surface area (Å²) in [4.78, 5) is 12.4. The van der Waals surface area contributed by atoms with Crippen molar-refractivity contribution in [1.82, 2.24) is 5.32 Å². The average Bonchev–Trinajstić information content (AvgIpc) is 2.59. The molecule has 3 rings (SSSR count). The molecule has 0 spiro atoms. The molecule has 0 saturated heterocycles. The lowest BCUT2D eigenvalue weighted by atomic mass is 9.89. The van der Waals surface area contributed by atoms with E-state index in [1.165, 1.54) is 0 Å². The maximum atomic E-state index is 12.4. The number of hydrogen-bond donors (Lipinski definition) is 1. The lowest BCUT2D eigenvalue weighted by molar-refractivity contribution is -0.124. The molecule has 0 fully saturated rings. The van der Waals surface area contributed by atoms with E-state index in [2.05, 4.69) is 21.2 Å². The van der Waals surface area contributed by atoms with Crippen LogP contribution in [0.4, 0.5) is 0 Å². The number of halogens is 1. The Kier molecular flexibility index (Phi) is 5.41. The Hall–Kier alpha value is -2.21. The normalized spacial score (nSPS) is 17.6. The highest BCUT2D eigenvalue weighted by atomic mass is 79.9. The topological polar surface area (TPSA) is 56.8 Å². The van der Waals surface area contributed by atoms with Crippen LogP contribution in [0.3, 0.4) is 0 Å². The first kappa shape index (κ1) is 18.6. The van der Waals surface area contributed by atoms with Gasteiger partial charge in [-0.15, -0.1) is 0 Å². The summed E-state index contributed by atoms with van der Waals surface area (Å²) >= 11 is 3.37. The zero-order chi connectivity index (χ0) is 18.7. The molecular formula is C20H22BrNO4. The molecule has 1 aliphatic rings. The smallest absolute Gasteiger partial charge is 0.258 e. The first-order valence-corrected chi connectivity index (χ1v) is 9.20. The van der Waals surface area contributed by atoms with Gasteiger partial charge in [-0.25, -0.2) is 0 Å². The van der Waals surface area contributed by atoms with Crippen LogP contribution >= 0.6 is 15.9 Å². The highest BCUT2D eigenvalue weighted by Gasteiger charge is 2.34. The molecule has 0 aliphatic carbocycles. The molecule has 1 N–H and O–H groups in total. The van der Waals surface area contributed by atoms with Crippen molar-refractivity contribution in [2.24, 2.45) is 0 Å². The highest BCUT2D eigenvalue weighted by Crippen LogP contribution is 2.41. The Labute approximate surface area is 161 Å². The van der Waals surface area contributed by atoms with Gasteiger partial charge in [-0.05, 0) is 50.2 Å². The third kappa shape index (κ3) is 4.49. The van der Waals surface area contributed by atoms with Gasteiger partial charge in [0, 0.05) is 22.5 Å². The molecule has 1 atom stereocenters. The number of nitrogens with one attached hydrogen (secondary N) is 1. The molecule has 0 unspecified atom stereocenters. The number of fused-ring (bicyclic) bond motifs is 1. The lowest BCUT2D eigenvalue weighted by Gasteiger charge is -2.38. The first-order chi connectivity index (χ1) is 12.4. The SMILES string of the molecule is COc1ccc2c(c1)OC(C)(C)C[C@@H]2NC(=O)COc1ccc(Br)cc1. The maximum absolute atomic E-state index is 12.4. The van der Waals surface area contributed by atoms with Crippen LogP contribution in [0.5, 0.6) is 17.2 Å². The summed E-state index contributed by atoms with van der Waals surface area (Å²) in [6.45, 7) is 3.98. The van der Waals surface area contributed by atoms with E-state index in [4.69, 9.17) is 14.2 Å². The van der Waals surface area contributed by atoms with Crippen molar-refractivity contribution >= 4 is 21.8 Å². The van der Waals surface area contributed by atoms with Gasteiger partial charge in [0.1, 0.15) is 22.8 Å². The average molecular weight is 420 g/mol. The van der Waals surface area contributed by atoms with Gasteiger partial charge in [0.25, 0.3) is 5.91 Å². The maximum Gasteiger partial charge on any atom is 0.258 e. The van der Waals surface area contributed by atoms with Gasteiger partial charge in [0.15, 0.2) is 6.61 Å². The molecular weight excluding hydrogens is 398 g/mol. The van der Waals surface area contributed by atoms with Gasteiger partial charge in [-0.2, -0.15) is 0 Å². The Morgan fingerprint density at radius 1 is 1.23 bits per heavy atom.